The second-order valence-corrected chi connectivity index (χ2v) is 10.1. The first-order valence-electron chi connectivity index (χ1n) is 13.9. The van der Waals surface area contributed by atoms with E-state index in [9.17, 15) is 5.53 Å². The molecule has 0 aliphatic heterocycles. The lowest BCUT2D eigenvalue weighted by Gasteiger charge is -2.41. The molecule has 0 N–H and O–H groups in total. The SMILES string of the molecule is [N-]=[N+]=C(C(c1ccccc1)(c1ccccc1)c1ccccc1)C(c1ccccc1)(c1ccccc1)c1ccccc1. The van der Waals surface area contributed by atoms with E-state index in [4.69, 9.17) is 0 Å². The Morgan fingerprint density at radius 1 is 0.317 bits per heavy atom. The summed E-state index contributed by atoms with van der Waals surface area (Å²) in [7, 11) is 0. The Labute approximate surface area is 241 Å². The van der Waals surface area contributed by atoms with Crippen LogP contribution in [-0.4, -0.2) is 10.5 Å². The van der Waals surface area contributed by atoms with Gasteiger partial charge >= 0.3 is 5.71 Å². The van der Waals surface area contributed by atoms with E-state index in [-0.39, 0.29) is 0 Å². The molecular weight excluding hydrogens is 496 g/mol. The van der Waals surface area contributed by atoms with Gasteiger partial charge in [-0.15, -0.1) is 0 Å². The summed E-state index contributed by atoms with van der Waals surface area (Å²) in [5.41, 5.74) is 16.3. The highest BCUT2D eigenvalue weighted by atomic mass is 14.9. The molecule has 0 aliphatic carbocycles. The summed E-state index contributed by atoms with van der Waals surface area (Å²) < 4.78 is 0. The van der Waals surface area contributed by atoms with Crippen molar-refractivity contribution in [2.75, 3.05) is 0 Å². The van der Waals surface area contributed by atoms with E-state index in [0.717, 1.165) is 33.4 Å². The van der Waals surface area contributed by atoms with Crippen molar-refractivity contribution < 1.29 is 4.79 Å². The zero-order chi connectivity index (χ0) is 28.0. The molecule has 0 atom stereocenters. The summed E-state index contributed by atoms with van der Waals surface area (Å²) in [6.07, 6.45) is 0. The molecule has 41 heavy (non-hydrogen) atoms. The predicted octanol–water partition coefficient (Wildman–Crippen LogP) is 8.73. The Balaban J connectivity index is 1.87. The van der Waals surface area contributed by atoms with Gasteiger partial charge in [-0.05, 0) is 33.4 Å². The number of rotatable bonds is 8. The fraction of sp³-hybridized carbons (Fsp3) is 0.0513. The van der Waals surface area contributed by atoms with Crippen molar-refractivity contribution in [3.8, 4) is 0 Å². The fourth-order valence-electron chi connectivity index (χ4n) is 6.38. The van der Waals surface area contributed by atoms with Crippen molar-refractivity contribution in [1.82, 2.24) is 0 Å². The van der Waals surface area contributed by atoms with Gasteiger partial charge in [-0.2, -0.15) is 4.79 Å². The van der Waals surface area contributed by atoms with Crippen molar-refractivity contribution >= 4 is 5.71 Å². The third kappa shape index (κ3) is 4.32. The summed E-state index contributed by atoms with van der Waals surface area (Å²) >= 11 is 0. The molecule has 0 heterocycles. The maximum atomic E-state index is 11.6. The first-order valence-corrected chi connectivity index (χ1v) is 13.9. The highest BCUT2D eigenvalue weighted by Crippen LogP contribution is 2.50. The molecule has 2 nitrogen and oxygen atoms in total. The molecule has 196 valence electrons. The van der Waals surface area contributed by atoms with Gasteiger partial charge in [0.15, 0.2) is 0 Å². The third-order valence-corrected chi connectivity index (χ3v) is 8.05. The van der Waals surface area contributed by atoms with Gasteiger partial charge in [0, 0.05) is 0 Å². The number of nitrogens with zero attached hydrogens (tertiary/aromatic N) is 2. The molecule has 0 spiro atoms. The van der Waals surface area contributed by atoms with E-state index in [1.807, 2.05) is 36.4 Å². The highest BCUT2D eigenvalue weighted by molar-refractivity contribution is 6.09. The average molecular weight is 527 g/mol. The summed E-state index contributed by atoms with van der Waals surface area (Å²) in [5.74, 6) is 0. The molecule has 0 aromatic heterocycles. The first kappa shape index (κ1) is 26.0. The molecule has 0 amide bonds. The largest absolute Gasteiger partial charge is 0.361 e. The molecule has 6 rings (SSSR count). The normalized spacial score (nSPS) is 11.4. The van der Waals surface area contributed by atoms with Gasteiger partial charge in [0.2, 0.25) is 0 Å². The Hall–Kier alpha value is -5.30. The Morgan fingerprint density at radius 2 is 0.488 bits per heavy atom. The third-order valence-electron chi connectivity index (χ3n) is 8.05. The smallest absolute Gasteiger partial charge is 0.307 e. The topological polar surface area (TPSA) is 36.4 Å². The van der Waals surface area contributed by atoms with Gasteiger partial charge in [-0.25, -0.2) is 0 Å². The minimum Gasteiger partial charge on any atom is -0.361 e. The molecule has 0 unspecified atom stereocenters. The van der Waals surface area contributed by atoms with Crippen LogP contribution in [0.15, 0.2) is 182 Å². The van der Waals surface area contributed by atoms with Crippen LogP contribution < -0.4 is 0 Å². The van der Waals surface area contributed by atoms with Crippen LogP contribution >= 0.6 is 0 Å². The zero-order valence-corrected chi connectivity index (χ0v) is 22.7. The quantitative estimate of drug-likeness (QED) is 0.0823. The van der Waals surface area contributed by atoms with Crippen LogP contribution in [0.2, 0.25) is 0 Å². The molecule has 2 heteroatoms. The van der Waals surface area contributed by atoms with Gasteiger partial charge in [-0.3, -0.25) is 0 Å². The van der Waals surface area contributed by atoms with Crippen molar-refractivity contribution in [3.63, 3.8) is 0 Å². The lowest BCUT2D eigenvalue weighted by atomic mass is 9.54. The molecule has 0 radical (unpaired) electrons. The molecule has 0 saturated carbocycles. The molecule has 6 aromatic carbocycles. The standard InChI is InChI=1S/C39H30N2/c40-41-37(38(31-19-7-1-8-20-31,32-21-9-2-10-22-32)33-23-11-3-12-24-33)39(34-25-13-4-14-26-34,35-27-15-5-16-28-35)36-29-17-6-18-30-36/h1-30H. The lowest BCUT2D eigenvalue weighted by Crippen LogP contribution is -2.52. The van der Waals surface area contributed by atoms with Crippen LogP contribution in [0, 0.1) is 0 Å². The van der Waals surface area contributed by atoms with Gasteiger partial charge < -0.3 is 5.53 Å². The van der Waals surface area contributed by atoms with Crippen molar-refractivity contribution in [3.05, 3.63) is 221 Å². The van der Waals surface area contributed by atoms with E-state index in [0.29, 0.717) is 5.71 Å². The van der Waals surface area contributed by atoms with Crippen molar-refractivity contribution in [2.24, 2.45) is 0 Å². The summed E-state index contributed by atoms with van der Waals surface area (Å²) in [6, 6.07) is 62.5. The molecule has 0 saturated heterocycles. The van der Waals surface area contributed by atoms with Crippen LogP contribution in [-0.2, 0) is 10.8 Å². The lowest BCUT2D eigenvalue weighted by molar-refractivity contribution is -0.0190. The zero-order valence-electron chi connectivity index (χ0n) is 22.7. The van der Waals surface area contributed by atoms with Gasteiger partial charge in [-0.1, -0.05) is 182 Å². The van der Waals surface area contributed by atoms with E-state index >= 15 is 0 Å². The first-order chi connectivity index (χ1) is 20.3. The highest BCUT2D eigenvalue weighted by Gasteiger charge is 2.60. The van der Waals surface area contributed by atoms with Crippen LogP contribution in [0.3, 0.4) is 0 Å². The van der Waals surface area contributed by atoms with E-state index in [2.05, 4.69) is 150 Å². The number of hydrogen-bond acceptors (Lipinski definition) is 0. The minimum atomic E-state index is -0.958. The summed E-state index contributed by atoms with van der Waals surface area (Å²) in [4.78, 5) is 4.41. The molecule has 0 aliphatic rings. The Bertz CT molecular complexity index is 1420. The number of benzene rings is 6. The van der Waals surface area contributed by atoms with Crippen LogP contribution in [0.25, 0.3) is 5.53 Å². The van der Waals surface area contributed by atoms with Crippen LogP contribution in [0.1, 0.15) is 33.4 Å². The van der Waals surface area contributed by atoms with E-state index in [1.54, 1.807) is 0 Å². The Kier molecular flexibility index (Phi) is 7.24. The monoisotopic (exact) mass is 526 g/mol. The van der Waals surface area contributed by atoms with E-state index in [1.165, 1.54) is 0 Å². The van der Waals surface area contributed by atoms with E-state index < -0.39 is 10.8 Å². The van der Waals surface area contributed by atoms with Crippen molar-refractivity contribution in [2.45, 2.75) is 10.8 Å². The second-order valence-electron chi connectivity index (χ2n) is 10.1. The number of hydrogen-bond donors (Lipinski definition) is 0. The molecule has 0 bridgehead atoms. The summed E-state index contributed by atoms with van der Waals surface area (Å²) in [5, 5.41) is 0. The summed E-state index contributed by atoms with van der Waals surface area (Å²) in [6.45, 7) is 0. The van der Waals surface area contributed by atoms with Gasteiger partial charge in [0.1, 0.15) is 10.8 Å². The Morgan fingerprint density at radius 3 is 0.634 bits per heavy atom. The predicted molar refractivity (Wildman–Crippen MR) is 167 cm³/mol. The minimum absolute atomic E-state index is 0.595. The molecule has 6 aromatic rings. The molecular formula is C39H30N2. The average Bonchev–Trinajstić information content (AvgIpc) is 3.07. The second kappa shape index (κ2) is 11.4. The fourth-order valence-corrected chi connectivity index (χ4v) is 6.38. The maximum Gasteiger partial charge on any atom is 0.307 e. The van der Waals surface area contributed by atoms with Gasteiger partial charge in [0.25, 0.3) is 0 Å². The van der Waals surface area contributed by atoms with Crippen LogP contribution in [0.5, 0.6) is 0 Å². The van der Waals surface area contributed by atoms with Gasteiger partial charge in [0.05, 0.1) is 0 Å². The maximum absolute atomic E-state index is 11.6. The van der Waals surface area contributed by atoms with Crippen molar-refractivity contribution in [1.29, 1.82) is 0 Å². The van der Waals surface area contributed by atoms with Crippen LogP contribution in [0.4, 0.5) is 0 Å². The molecule has 0 fully saturated rings.